The van der Waals surface area contributed by atoms with Gasteiger partial charge < -0.3 is 5.32 Å². The van der Waals surface area contributed by atoms with E-state index < -0.39 is 15.9 Å². The summed E-state index contributed by atoms with van der Waals surface area (Å²) in [6.07, 6.45) is 0. The summed E-state index contributed by atoms with van der Waals surface area (Å²) in [5.74, 6) is -0.457. The zero-order chi connectivity index (χ0) is 17.9. The molecule has 0 saturated heterocycles. The van der Waals surface area contributed by atoms with E-state index in [1.165, 1.54) is 12.1 Å². The number of aryl methyl sites for hydroxylation is 1. The second-order valence-electron chi connectivity index (χ2n) is 4.91. The highest BCUT2D eigenvalue weighted by molar-refractivity contribution is 9.11. The molecule has 0 bridgehead atoms. The van der Waals surface area contributed by atoms with Crippen molar-refractivity contribution in [1.82, 2.24) is 4.72 Å². The van der Waals surface area contributed by atoms with E-state index in [4.69, 9.17) is 0 Å². The highest BCUT2D eigenvalue weighted by atomic mass is 79.9. The predicted molar refractivity (Wildman–Crippen MR) is 105 cm³/mol. The third kappa shape index (κ3) is 5.13. The fourth-order valence-corrected chi connectivity index (χ4v) is 4.69. The van der Waals surface area contributed by atoms with Gasteiger partial charge in [0.05, 0.1) is 17.1 Å². The summed E-state index contributed by atoms with van der Waals surface area (Å²) in [6, 6.07) is 9.81. The zero-order valence-electron chi connectivity index (χ0n) is 12.4. The number of hydrogen-bond acceptors (Lipinski definition) is 3. The van der Waals surface area contributed by atoms with E-state index in [2.05, 4.69) is 57.8 Å². The largest absolute Gasteiger partial charge is 0.324 e. The Morgan fingerprint density at radius 2 is 1.67 bits per heavy atom. The second kappa shape index (κ2) is 8.09. The van der Waals surface area contributed by atoms with Crippen LogP contribution in [-0.4, -0.2) is 20.9 Å². The van der Waals surface area contributed by atoms with E-state index in [0.29, 0.717) is 10.2 Å². The lowest BCUT2D eigenvalue weighted by molar-refractivity contribution is -0.115. The van der Waals surface area contributed by atoms with Gasteiger partial charge in [0, 0.05) is 13.4 Å². The average molecular weight is 541 g/mol. The lowest BCUT2D eigenvalue weighted by Crippen LogP contribution is -2.33. The number of carbonyl (C=O) groups is 1. The zero-order valence-corrected chi connectivity index (χ0v) is 18.0. The van der Waals surface area contributed by atoms with Gasteiger partial charge in [0.1, 0.15) is 0 Å². The Balaban J connectivity index is 2.04. The fraction of sp³-hybridized carbons (Fsp3) is 0.133. The minimum absolute atomic E-state index is 0.0968. The maximum Gasteiger partial charge on any atom is 0.241 e. The average Bonchev–Trinajstić information content (AvgIpc) is 2.49. The van der Waals surface area contributed by atoms with Gasteiger partial charge in [-0.2, -0.15) is 0 Å². The number of sulfonamides is 1. The van der Waals surface area contributed by atoms with Crippen molar-refractivity contribution in [2.75, 3.05) is 11.9 Å². The Labute approximate surface area is 165 Å². The molecule has 2 rings (SSSR count). The Bertz CT molecular complexity index is 845. The van der Waals surface area contributed by atoms with Gasteiger partial charge in [-0.15, -0.1) is 0 Å². The SMILES string of the molecule is Cc1cc(Br)cc(Br)c1NC(=O)CNS(=O)(=O)c1ccc(Br)cc1. The fourth-order valence-electron chi connectivity index (χ4n) is 1.90. The standard InChI is InChI=1S/C15H13Br3N2O3S/c1-9-6-11(17)7-13(18)15(9)20-14(21)8-19-24(22,23)12-4-2-10(16)3-5-12/h2-7,19H,8H2,1H3,(H,20,21). The molecule has 2 N–H and O–H groups in total. The molecule has 0 unspecified atom stereocenters. The lowest BCUT2D eigenvalue weighted by Gasteiger charge is -2.12. The van der Waals surface area contributed by atoms with Crippen molar-refractivity contribution in [1.29, 1.82) is 0 Å². The third-order valence-corrected chi connectivity index (χ3v) is 6.09. The smallest absolute Gasteiger partial charge is 0.241 e. The van der Waals surface area contributed by atoms with Crippen molar-refractivity contribution in [2.45, 2.75) is 11.8 Å². The molecular formula is C15H13Br3N2O3S. The molecule has 9 heteroatoms. The molecule has 0 fully saturated rings. The van der Waals surface area contributed by atoms with Gasteiger partial charge in [-0.3, -0.25) is 4.79 Å². The molecule has 0 aliphatic rings. The molecule has 0 saturated carbocycles. The quantitative estimate of drug-likeness (QED) is 0.597. The first-order valence-corrected chi connectivity index (χ1v) is 10.6. The number of benzene rings is 2. The Morgan fingerprint density at radius 1 is 1.04 bits per heavy atom. The maximum absolute atomic E-state index is 12.2. The first kappa shape index (κ1) is 19.6. The maximum atomic E-state index is 12.2. The molecule has 5 nitrogen and oxygen atoms in total. The van der Waals surface area contributed by atoms with Gasteiger partial charge in [0.2, 0.25) is 15.9 Å². The summed E-state index contributed by atoms with van der Waals surface area (Å²) in [4.78, 5) is 12.2. The van der Waals surface area contributed by atoms with Crippen LogP contribution in [0.5, 0.6) is 0 Å². The molecule has 2 aromatic rings. The van der Waals surface area contributed by atoms with Crippen molar-refractivity contribution >= 4 is 69.4 Å². The monoisotopic (exact) mass is 538 g/mol. The Morgan fingerprint density at radius 3 is 2.25 bits per heavy atom. The van der Waals surface area contributed by atoms with E-state index in [1.807, 2.05) is 13.0 Å². The van der Waals surface area contributed by atoms with E-state index in [9.17, 15) is 13.2 Å². The number of hydrogen-bond donors (Lipinski definition) is 2. The Hall–Kier alpha value is -0.740. The van der Waals surface area contributed by atoms with Crippen LogP contribution < -0.4 is 10.0 Å². The number of carbonyl (C=O) groups excluding carboxylic acids is 1. The summed E-state index contributed by atoms with van der Waals surface area (Å²) < 4.78 is 29.0. The van der Waals surface area contributed by atoms with Crippen LogP contribution >= 0.6 is 47.8 Å². The van der Waals surface area contributed by atoms with Crippen LogP contribution in [0.4, 0.5) is 5.69 Å². The number of nitrogens with one attached hydrogen (secondary N) is 2. The van der Waals surface area contributed by atoms with E-state index >= 15 is 0 Å². The van der Waals surface area contributed by atoms with Crippen molar-refractivity contribution in [3.63, 3.8) is 0 Å². The van der Waals surface area contributed by atoms with Gasteiger partial charge in [-0.05, 0) is 64.8 Å². The van der Waals surface area contributed by atoms with E-state index in [-0.39, 0.29) is 11.4 Å². The van der Waals surface area contributed by atoms with Crippen LogP contribution in [0, 0.1) is 6.92 Å². The van der Waals surface area contributed by atoms with E-state index in [0.717, 1.165) is 14.5 Å². The van der Waals surface area contributed by atoms with Crippen LogP contribution in [0.2, 0.25) is 0 Å². The first-order chi connectivity index (χ1) is 11.2. The number of amides is 1. The van der Waals surface area contributed by atoms with Gasteiger partial charge in [0.25, 0.3) is 0 Å². The summed E-state index contributed by atoms with van der Waals surface area (Å²) >= 11 is 9.98. The molecule has 0 aliphatic carbocycles. The summed E-state index contributed by atoms with van der Waals surface area (Å²) in [6.45, 7) is 1.48. The van der Waals surface area contributed by atoms with Crippen molar-refractivity contribution in [3.8, 4) is 0 Å². The van der Waals surface area contributed by atoms with Gasteiger partial charge in [-0.1, -0.05) is 31.9 Å². The molecule has 0 spiro atoms. The lowest BCUT2D eigenvalue weighted by atomic mass is 10.2. The van der Waals surface area contributed by atoms with Crippen LogP contribution in [0.15, 0.2) is 54.7 Å². The normalized spacial score (nSPS) is 11.3. The van der Waals surface area contributed by atoms with Crippen molar-refractivity contribution in [3.05, 3.63) is 55.4 Å². The number of anilines is 1. The Kier molecular flexibility index (Phi) is 6.60. The van der Waals surface area contributed by atoms with Gasteiger partial charge >= 0.3 is 0 Å². The van der Waals surface area contributed by atoms with Gasteiger partial charge in [-0.25, -0.2) is 13.1 Å². The summed E-state index contributed by atoms with van der Waals surface area (Å²) in [5, 5.41) is 2.70. The molecule has 0 aromatic heterocycles. The summed E-state index contributed by atoms with van der Waals surface area (Å²) in [7, 11) is -3.74. The predicted octanol–water partition coefficient (Wildman–Crippen LogP) is 4.20. The highest BCUT2D eigenvalue weighted by Crippen LogP contribution is 2.30. The highest BCUT2D eigenvalue weighted by Gasteiger charge is 2.16. The second-order valence-corrected chi connectivity index (χ2v) is 9.36. The molecule has 2 aromatic carbocycles. The molecule has 24 heavy (non-hydrogen) atoms. The van der Waals surface area contributed by atoms with Crippen molar-refractivity contribution < 1.29 is 13.2 Å². The minimum Gasteiger partial charge on any atom is -0.324 e. The number of rotatable bonds is 5. The molecule has 128 valence electrons. The van der Waals surface area contributed by atoms with Crippen LogP contribution in [0.1, 0.15) is 5.56 Å². The van der Waals surface area contributed by atoms with Crippen LogP contribution in [-0.2, 0) is 14.8 Å². The topological polar surface area (TPSA) is 75.3 Å². The molecular weight excluding hydrogens is 528 g/mol. The van der Waals surface area contributed by atoms with Crippen LogP contribution in [0.3, 0.4) is 0 Å². The van der Waals surface area contributed by atoms with Gasteiger partial charge in [0.15, 0.2) is 0 Å². The first-order valence-electron chi connectivity index (χ1n) is 6.70. The number of halogens is 3. The summed E-state index contributed by atoms with van der Waals surface area (Å²) in [5.41, 5.74) is 1.45. The van der Waals surface area contributed by atoms with E-state index in [1.54, 1.807) is 18.2 Å². The molecule has 0 radical (unpaired) electrons. The van der Waals surface area contributed by atoms with Crippen molar-refractivity contribution in [2.24, 2.45) is 0 Å². The van der Waals surface area contributed by atoms with Crippen LogP contribution in [0.25, 0.3) is 0 Å². The molecule has 1 amide bonds. The minimum atomic E-state index is -3.74. The molecule has 0 atom stereocenters. The third-order valence-electron chi connectivity index (χ3n) is 3.06. The molecule has 0 aliphatic heterocycles. The molecule has 0 heterocycles.